The van der Waals surface area contributed by atoms with Crippen LogP contribution in [0.4, 0.5) is 4.79 Å². The van der Waals surface area contributed by atoms with E-state index in [1.165, 1.54) is 5.56 Å². The lowest BCUT2D eigenvalue weighted by molar-refractivity contribution is 0.0406. The number of hydrogen-bond donors (Lipinski definition) is 2. The Kier molecular flexibility index (Phi) is 6.63. The largest absolute Gasteiger partial charge is 0.444 e. The van der Waals surface area contributed by atoms with Gasteiger partial charge < -0.3 is 15.2 Å². The maximum Gasteiger partial charge on any atom is 0.407 e. The second kappa shape index (κ2) is 8.49. The summed E-state index contributed by atoms with van der Waals surface area (Å²) in [6, 6.07) is 10.4. The molecule has 2 atom stereocenters. The number of nitrogens with zero attached hydrogens (tertiary/aromatic N) is 1. The summed E-state index contributed by atoms with van der Waals surface area (Å²) in [5.74, 6) is 0.287. The lowest BCUT2D eigenvalue weighted by atomic mass is 9.88. The van der Waals surface area contributed by atoms with Crippen molar-refractivity contribution in [1.29, 1.82) is 0 Å². The first-order valence-corrected chi connectivity index (χ1v) is 8.74. The molecule has 0 aliphatic carbocycles. The van der Waals surface area contributed by atoms with Crippen molar-refractivity contribution in [3.05, 3.63) is 35.9 Å². The zero-order valence-electron chi connectivity index (χ0n) is 15.0. The normalized spacial score (nSPS) is 22.2. The quantitative estimate of drug-likeness (QED) is 0.869. The Hall–Kier alpha value is -1.59. The number of carbonyl (C=O) groups is 1. The molecule has 1 fully saturated rings. The molecule has 2 rings (SSSR count). The number of carbonyl (C=O) groups excluding carboxylic acids is 1. The summed E-state index contributed by atoms with van der Waals surface area (Å²) >= 11 is 0. The number of rotatable bonds is 5. The zero-order valence-corrected chi connectivity index (χ0v) is 15.0. The van der Waals surface area contributed by atoms with Gasteiger partial charge in [0.2, 0.25) is 0 Å². The molecule has 1 aromatic carbocycles. The van der Waals surface area contributed by atoms with Crippen LogP contribution in [0.2, 0.25) is 0 Å². The summed E-state index contributed by atoms with van der Waals surface area (Å²) in [6.45, 7) is 8.36. The first kappa shape index (κ1) is 18.7. The molecule has 0 saturated carbocycles. The fourth-order valence-electron chi connectivity index (χ4n) is 3.19. The van der Waals surface area contributed by atoms with Crippen molar-refractivity contribution in [2.75, 3.05) is 19.7 Å². The predicted octanol–water partition coefficient (Wildman–Crippen LogP) is 2.78. The predicted molar refractivity (Wildman–Crippen MR) is 94.7 cm³/mol. The van der Waals surface area contributed by atoms with Crippen LogP contribution in [0.15, 0.2) is 30.3 Å². The SMILES string of the molecule is CC(C)(C)OC(=O)N[C@H]1CN(Cc2ccccc2)CC[C@@H]1CCO. The van der Waals surface area contributed by atoms with E-state index >= 15 is 0 Å². The minimum Gasteiger partial charge on any atom is -0.444 e. The minimum atomic E-state index is -0.505. The highest BCUT2D eigenvalue weighted by molar-refractivity contribution is 5.68. The third kappa shape index (κ3) is 6.13. The second-order valence-corrected chi connectivity index (χ2v) is 7.53. The maximum absolute atomic E-state index is 12.1. The van der Waals surface area contributed by atoms with E-state index in [1.54, 1.807) is 0 Å². The first-order valence-electron chi connectivity index (χ1n) is 8.74. The van der Waals surface area contributed by atoms with E-state index in [0.29, 0.717) is 6.42 Å². The monoisotopic (exact) mass is 334 g/mol. The molecular weight excluding hydrogens is 304 g/mol. The van der Waals surface area contributed by atoms with Gasteiger partial charge in [0.15, 0.2) is 0 Å². The van der Waals surface area contributed by atoms with E-state index < -0.39 is 5.60 Å². The summed E-state index contributed by atoms with van der Waals surface area (Å²) < 4.78 is 5.39. The molecule has 1 amide bonds. The Morgan fingerprint density at radius 2 is 2.04 bits per heavy atom. The fourth-order valence-corrected chi connectivity index (χ4v) is 3.19. The van der Waals surface area contributed by atoms with Gasteiger partial charge in [0.1, 0.15) is 5.60 Å². The third-order valence-electron chi connectivity index (χ3n) is 4.29. The van der Waals surface area contributed by atoms with Gasteiger partial charge in [-0.2, -0.15) is 0 Å². The molecule has 0 spiro atoms. The molecule has 0 radical (unpaired) electrons. The number of alkyl carbamates (subject to hydrolysis) is 1. The van der Waals surface area contributed by atoms with Crippen molar-refractivity contribution < 1.29 is 14.6 Å². The fraction of sp³-hybridized carbons (Fsp3) is 0.632. The lowest BCUT2D eigenvalue weighted by Crippen LogP contribution is -2.53. The molecule has 1 aromatic rings. The number of amides is 1. The first-order chi connectivity index (χ1) is 11.4. The highest BCUT2D eigenvalue weighted by Crippen LogP contribution is 2.23. The Bertz CT molecular complexity index is 513. The number of hydrogen-bond acceptors (Lipinski definition) is 4. The second-order valence-electron chi connectivity index (χ2n) is 7.53. The highest BCUT2D eigenvalue weighted by atomic mass is 16.6. The molecule has 1 heterocycles. The van der Waals surface area contributed by atoms with Crippen LogP contribution in [0.1, 0.15) is 39.2 Å². The average molecular weight is 334 g/mol. The summed E-state index contributed by atoms with van der Waals surface area (Å²) in [4.78, 5) is 14.5. The number of aliphatic hydroxyl groups is 1. The van der Waals surface area contributed by atoms with Crippen LogP contribution in [0, 0.1) is 5.92 Å². The van der Waals surface area contributed by atoms with E-state index in [0.717, 1.165) is 26.1 Å². The van der Waals surface area contributed by atoms with Gasteiger partial charge in [-0.3, -0.25) is 4.90 Å². The summed E-state index contributed by atoms with van der Waals surface area (Å²) in [6.07, 6.45) is 1.30. The van der Waals surface area contributed by atoms with E-state index in [4.69, 9.17) is 4.74 Å². The average Bonchev–Trinajstić information content (AvgIpc) is 2.49. The van der Waals surface area contributed by atoms with Crippen molar-refractivity contribution in [1.82, 2.24) is 10.2 Å². The Morgan fingerprint density at radius 3 is 2.67 bits per heavy atom. The molecule has 1 aliphatic heterocycles. The van der Waals surface area contributed by atoms with Crippen molar-refractivity contribution in [3.8, 4) is 0 Å². The van der Waals surface area contributed by atoms with E-state index in [1.807, 2.05) is 39.0 Å². The minimum absolute atomic E-state index is 0.00413. The highest BCUT2D eigenvalue weighted by Gasteiger charge is 2.31. The van der Waals surface area contributed by atoms with Crippen LogP contribution in [0.3, 0.4) is 0 Å². The molecule has 24 heavy (non-hydrogen) atoms. The van der Waals surface area contributed by atoms with Crippen LogP contribution in [0.5, 0.6) is 0 Å². The van der Waals surface area contributed by atoms with Crippen LogP contribution < -0.4 is 5.32 Å². The van der Waals surface area contributed by atoms with E-state index in [-0.39, 0.29) is 24.7 Å². The summed E-state index contributed by atoms with van der Waals surface area (Å²) in [5.41, 5.74) is 0.767. The molecule has 5 heteroatoms. The molecule has 0 bridgehead atoms. The molecule has 134 valence electrons. The standard InChI is InChI=1S/C19H30N2O3/c1-19(2,3)24-18(23)20-17-14-21(11-9-16(17)10-12-22)13-15-7-5-4-6-8-15/h4-8,16-17,22H,9-14H2,1-3H3,(H,20,23)/t16-,17+/m1/s1. The van der Waals surface area contributed by atoms with Gasteiger partial charge >= 0.3 is 6.09 Å². The van der Waals surface area contributed by atoms with Crippen molar-refractivity contribution in [2.24, 2.45) is 5.92 Å². The molecule has 1 aliphatic rings. The zero-order chi connectivity index (χ0) is 17.6. The number of benzene rings is 1. The Morgan fingerprint density at radius 1 is 1.33 bits per heavy atom. The van der Waals surface area contributed by atoms with Gasteiger partial charge in [0.05, 0.1) is 0 Å². The summed E-state index contributed by atoms with van der Waals surface area (Å²) in [5, 5.41) is 12.3. The Balaban J connectivity index is 1.96. The molecular formula is C19H30N2O3. The van der Waals surface area contributed by atoms with Gasteiger partial charge in [-0.1, -0.05) is 30.3 Å². The molecule has 1 saturated heterocycles. The molecule has 2 N–H and O–H groups in total. The van der Waals surface area contributed by atoms with Gasteiger partial charge in [-0.25, -0.2) is 4.79 Å². The molecule has 5 nitrogen and oxygen atoms in total. The topological polar surface area (TPSA) is 61.8 Å². The van der Waals surface area contributed by atoms with Crippen LogP contribution in [0.25, 0.3) is 0 Å². The number of nitrogens with one attached hydrogen (secondary N) is 1. The van der Waals surface area contributed by atoms with Crippen molar-refractivity contribution in [2.45, 2.75) is 51.8 Å². The number of likely N-dealkylation sites (tertiary alicyclic amines) is 1. The van der Waals surface area contributed by atoms with Crippen molar-refractivity contribution >= 4 is 6.09 Å². The molecule has 0 unspecified atom stereocenters. The van der Waals surface area contributed by atoms with Gasteiger partial charge in [-0.15, -0.1) is 0 Å². The van der Waals surface area contributed by atoms with Gasteiger partial charge in [0, 0.05) is 25.7 Å². The maximum atomic E-state index is 12.1. The van der Waals surface area contributed by atoms with Gasteiger partial charge in [-0.05, 0) is 51.6 Å². The number of piperidine rings is 1. The van der Waals surface area contributed by atoms with Gasteiger partial charge in [0.25, 0.3) is 0 Å². The smallest absolute Gasteiger partial charge is 0.407 e. The number of ether oxygens (including phenoxy) is 1. The van der Waals surface area contributed by atoms with Crippen molar-refractivity contribution in [3.63, 3.8) is 0 Å². The third-order valence-corrected chi connectivity index (χ3v) is 4.29. The summed E-state index contributed by atoms with van der Waals surface area (Å²) in [7, 11) is 0. The van der Waals surface area contributed by atoms with E-state index in [9.17, 15) is 9.90 Å². The van der Waals surface area contributed by atoms with Crippen LogP contribution in [-0.2, 0) is 11.3 Å². The van der Waals surface area contributed by atoms with Crippen LogP contribution in [-0.4, -0.2) is 47.4 Å². The van der Waals surface area contributed by atoms with Crippen LogP contribution >= 0.6 is 0 Å². The Labute approximate surface area is 145 Å². The van der Waals surface area contributed by atoms with E-state index in [2.05, 4.69) is 22.3 Å². The lowest BCUT2D eigenvalue weighted by Gasteiger charge is -2.39. The molecule has 0 aromatic heterocycles. The number of aliphatic hydroxyl groups excluding tert-OH is 1.